The Morgan fingerprint density at radius 1 is 0.882 bits per heavy atom. The fraction of sp³-hybridized carbons (Fsp3) is 0.227. The highest BCUT2D eigenvalue weighted by Gasteiger charge is 2.45. The third-order valence-corrected chi connectivity index (χ3v) is 5.32. The Labute approximate surface area is 186 Å². The number of rotatable bonds is 4. The normalized spacial score (nSPS) is 13.0. The Hall–Kier alpha value is -3.70. The number of hydrogen-bond donors (Lipinski definition) is 2. The zero-order chi connectivity index (χ0) is 24.9. The summed E-state index contributed by atoms with van der Waals surface area (Å²) in [5.41, 5.74) is -0.776. The molecule has 0 saturated carbocycles. The quantitative estimate of drug-likeness (QED) is 0.324. The largest absolute Gasteiger partial charge is 0.456 e. The molecule has 0 aliphatic rings. The van der Waals surface area contributed by atoms with Crippen LogP contribution in [0.4, 0.5) is 35.5 Å². The molecule has 0 fully saturated rings. The minimum absolute atomic E-state index is 0.00401. The number of urea groups is 1. The molecule has 180 valence electrons. The number of hydrogen-bond acceptors (Lipinski definition) is 3. The van der Waals surface area contributed by atoms with Gasteiger partial charge in [-0.1, -0.05) is 0 Å². The van der Waals surface area contributed by atoms with Crippen LogP contribution in [0.3, 0.4) is 0 Å². The average molecular weight is 488 g/mol. The Morgan fingerprint density at radius 2 is 1.41 bits per heavy atom. The van der Waals surface area contributed by atoms with Gasteiger partial charge in [0.2, 0.25) is 0 Å². The molecule has 0 aliphatic heterocycles. The van der Waals surface area contributed by atoms with Crippen molar-refractivity contribution in [1.29, 1.82) is 0 Å². The number of carbonyl (C=O) groups excluding carboxylic acids is 1. The topological polar surface area (TPSA) is 67.4 Å². The molecule has 12 heteroatoms. The number of benzene rings is 2. The molecule has 0 bridgehead atoms. The highest BCUT2D eigenvalue weighted by Crippen LogP contribution is 2.39. The molecular formula is C22H15F7N2O3. The Morgan fingerprint density at radius 3 is 1.97 bits per heavy atom. The number of furan rings is 2. The van der Waals surface area contributed by atoms with E-state index in [1.165, 1.54) is 13.8 Å². The van der Waals surface area contributed by atoms with E-state index in [2.05, 4.69) is 5.32 Å². The SMILES string of the molecule is Cc1c(CNC(=O)NC(c2oc3c(F)cc(F)cc3c2C)C(F)(F)F)oc2c(F)cc(F)cc12. The van der Waals surface area contributed by atoms with Crippen molar-refractivity contribution in [2.24, 2.45) is 0 Å². The van der Waals surface area contributed by atoms with Crippen molar-refractivity contribution in [2.75, 3.05) is 0 Å². The molecule has 0 aliphatic carbocycles. The number of halogens is 7. The lowest BCUT2D eigenvalue weighted by atomic mass is 10.1. The molecular weight excluding hydrogens is 473 g/mol. The smallest absolute Gasteiger partial charge is 0.416 e. The summed E-state index contributed by atoms with van der Waals surface area (Å²) in [7, 11) is 0. The lowest BCUT2D eigenvalue weighted by Crippen LogP contribution is -2.43. The maximum atomic E-state index is 14.0. The molecule has 2 N–H and O–H groups in total. The predicted molar refractivity (Wildman–Crippen MR) is 106 cm³/mol. The summed E-state index contributed by atoms with van der Waals surface area (Å²) < 4.78 is 106. The zero-order valence-corrected chi connectivity index (χ0v) is 17.5. The third-order valence-electron chi connectivity index (χ3n) is 5.32. The van der Waals surface area contributed by atoms with Gasteiger partial charge in [-0.25, -0.2) is 22.4 Å². The van der Waals surface area contributed by atoms with Gasteiger partial charge in [0.15, 0.2) is 28.8 Å². The standard InChI is InChI=1S/C22H15F7N2O3/c1-8-12-3-10(23)5-14(25)18(12)33-16(8)7-30-21(32)31-20(22(27,28)29)17-9(2)13-4-11(24)6-15(26)19(13)34-17/h3-6,20H,7H2,1-2H3,(H2,30,31,32). The van der Waals surface area contributed by atoms with E-state index in [4.69, 9.17) is 8.83 Å². The van der Waals surface area contributed by atoms with Crippen LogP contribution >= 0.6 is 0 Å². The Balaban J connectivity index is 1.58. The first-order chi connectivity index (χ1) is 15.9. The monoisotopic (exact) mass is 488 g/mol. The Bertz CT molecular complexity index is 1420. The van der Waals surface area contributed by atoms with Crippen LogP contribution in [0.5, 0.6) is 0 Å². The lowest BCUT2D eigenvalue weighted by molar-refractivity contribution is -0.158. The number of carbonyl (C=O) groups is 1. The fourth-order valence-electron chi connectivity index (χ4n) is 3.64. The van der Waals surface area contributed by atoms with Crippen molar-refractivity contribution >= 4 is 28.0 Å². The van der Waals surface area contributed by atoms with Crippen LogP contribution in [0.15, 0.2) is 33.1 Å². The lowest BCUT2D eigenvalue weighted by Gasteiger charge is -2.20. The maximum Gasteiger partial charge on any atom is 0.416 e. The van der Waals surface area contributed by atoms with Gasteiger partial charge in [0.1, 0.15) is 23.2 Å². The number of alkyl halides is 3. The molecule has 5 nitrogen and oxygen atoms in total. The molecule has 1 unspecified atom stereocenters. The van der Waals surface area contributed by atoms with Gasteiger partial charge in [-0.2, -0.15) is 13.2 Å². The second-order valence-electron chi connectivity index (χ2n) is 7.57. The molecule has 0 radical (unpaired) electrons. The molecule has 4 aromatic rings. The van der Waals surface area contributed by atoms with Gasteiger partial charge in [-0.3, -0.25) is 0 Å². The molecule has 2 amide bonds. The number of nitrogens with one attached hydrogen (secondary N) is 2. The maximum absolute atomic E-state index is 14.0. The Kier molecular flexibility index (Phi) is 5.70. The van der Waals surface area contributed by atoms with Gasteiger partial charge < -0.3 is 19.5 Å². The molecule has 2 aromatic carbocycles. The van der Waals surface area contributed by atoms with Gasteiger partial charge in [-0.15, -0.1) is 0 Å². The second kappa shape index (κ2) is 8.26. The van der Waals surface area contributed by atoms with Crippen molar-refractivity contribution in [3.05, 3.63) is 70.2 Å². The summed E-state index contributed by atoms with van der Waals surface area (Å²) in [5.74, 6) is -4.85. The number of fused-ring (bicyclic) bond motifs is 2. The average Bonchev–Trinajstić information content (AvgIpc) is 3.22. The van der Waals surface area contributed by atoms with Gasteiger partial charge >= 0.3 is 12.2 Å². The summed E-state index contributed by atoms with van der Waals surface area (Å²) in [4.78, 5) is 12.3. The third kappa shape index (κ3) is 4.15. The van der Waals surface area contributed by atoms with E-state index in [1.54, 1.807) is 5.32 Å². The number of aryl methyl sites for hydroxylation is 2. The van der Waals surface area contributed by atoms with Crippen molar-refractivity contribution < 1.29 is 44.4 Å². The van der Waals surface area contributed by atoms with E-state index in [-0.39, 0.29) is 33.2 Å². The summed E-state index contributed by atoms with van der Waals surface area (Å²) in [6, 6.07) is -1.09. The van der Waals surface area contributed by atoms with Gasteiger partial charge in [0, 0.05) is 34.0 Å². The first-order valence-electron chi connectivity index (χ1n) is 9.73. The van der Waals surface area contributed by atoms with E-state index in [9.17, 15) is 35.5 Å². The van der Waals surface area contributed by atoms with Crippen LogP contribution in [0.25, 0.3) is 21.9 Å². The molecule has 0 saturated heterocycles. The van der Waals surface area contributed by atoms with Crippen LogP contribution in [0, 0.1) is 37.1 Å². The van der Waals surface area contributed by atoms with E-state index in [0.29, 0.717) is 12.1 Å². The first-order valence-corrected chi connectivity index (χ1v) is 9.73. The highest BCUT2D eigenvalue weighted by molar-refractivity contribution is 5.84. The second-order valence-corrected chi connectivity index (χ2v) is 7.57. The van der Waals surface area contributed by atoms with Crippen molar-refractivity contribution in [3.8, 4) is 0 Å². The minimum Gasteiger partial charge on any atom is -0.456 e. The van der Waals surface area contributed by atoms with Crippen LogP contribution < -0.4 is 10.6 Å². The molecule has 2 aromatic heterocycles. The zero-order valence-electron chi connectivity index (χ0n) is 17.5. The molecule has 34 heavy (non-hydrogen) atoms. The van der Waals surface area contributed by atoms with Gasteiger partial charge in [-0.05, 0) is 26.0 Å². The van der Waals surface area contributed by atoms with Crippen LogP contribution in [0.2, 0.25) is 0 Å². The summed E-state index contributed by atoms with van der Waals surface area (Å²) in [6.45, 7) is 2.18. The van der Waals surface area contributed by atoms with Gasteiger partial charge in [0.05, 0.1) is 6.54 Å². The van der Waals surface area contributed by atoms with Crippen molar-refractivity contribution in [3.63, 3.8) is 0 Å². The van der Waals surface area contributed by atoms with Crippen LogP contribution in [-0.2, 0) is 6.54 Å². The molecule has 2 heterocycles. The fourth-order valence-corrected chi connectivity index (χ4v) is 3.64. The van der Waals surface area contributed by atoms with Crippen LogP contribution in [-0.4, -0.2) is 12.2 Å². The van der Waals surface area contributed by atoms with Crippen molar-refractivity contribution in [2.45, 2.75) is 32.6 Å². The first kappa shape index (κ1) is 23.5. The van der Waals surface area contributed by atoms with Crippen molar-refractivity contribution in [1.82, 2.24) is 10.6 Å². The summed E-state index contributed by atoms with van der Waals surface area (Å²) >= 11 is 0. The summed E-state index contributed by atoms with van der Waals surface area (Å²) in [6.07, 6.45) is -5.05. The predicted octanol–water partition coefficient (Wildman–Crippen LogP) is 6.46. The summed E-state index contributed by atoms with van der Waals surface area (Å²) in [5, 5.41) is 3.73. The van der Waals surface area contributed by atoms with E-state index in [0.717, 1.165) is 12.1 Å². The van der Waals surface area contributed by atoms with Crippen LogP contribution in [0.1, 0.15) is 28.7 Å². The molecule has 0 spiro atoms. The highest BCUT2D eigenvalue weighted by atomic mass is 19.4. The molecule has 1 atom stereocenters. The van der Waals surface area contributed by atoms with E-state index in [1.807, 2.05) is 0 Å². The number of amides is 2. The van der Waals surface area contributed by atoms with Gasteiger partial charge in [0.25, 0.3) is 0 Å². The molecule has 4 rings (SSSR count). The van der Waals surface area contributed by atoms with E-state index >= 15 is 0 Å². The minimum atomic E-state index is -5.05. The van der Waals surface area contributed by atoms with E-state index < -0.39 is 59.4 Å².